The molecule has 1 N–H and O–H groups in total. The lowest BCUT2D eigenvalue weighted by molar-refractivity contribution is -0.136. The minimum absolute atomic E-state index is 0.0411. The van der Waals surface area contributed by atoms with Gasteiger partial charge in [0.1, 0.15) is 17.4 Å². The van der Waals surface area contributed by atoms with E-state index in [0.717, 1.165) is 29.4 Å². The molecule has 0 amide bonds. The maximum Gasteiger partial charge on any atom is 0.339 e. The lowest BCUT2D eigenvalue weighted by Crippen LogP contribution is -2.36. The Morgan fingerprint density at radius 2 is 1.64 bits per heavy atom. The van der Waals surface area contributed by atoms with Crippen molar-refractivity contribution in [3.8, 4) is 5.75 Å². The molecule has 0 aliphatic heterocycles. The van der Waals surface area contributed by atoms with Crippen molar-refractivity contribution in [3.63, 3.8) is 0 Å². The molecule has 8 heteroatoms. The summed E-state index contributed by atoms with van der Waals surface area (Å²) >= 11 is 0. The second-order valence-electron chi connectivity index (χ2n) is 8.96. The van der Waals surface area contributed by atoms with E-state index in [2.05, 4.69) is 4.72 Å². The zero-order valence-electron chi connectivity index (χ0n) is 19.9. The molecule has 7 nitrogen and oxygen atoms in total. The van der Waals surface area contributed by atoms with Crippen LogP contribution in [0.2, 0.25) is 0 Å². The van der Waals surface area contributed by atoms with Crippen LogP contribution in [0.25, 0.3) is 11.0 Å². The van der Waals surface area contributed by atoms with E-state index in [0.29, 0.717) is 28.7 Å². The van der Waals surface area contributed by atoms with Gasteiger partial charge in [-0.2, -0.15) is 4.72 Å². The summed E-state index contributed by atoms with van der Waals surface area (Å²) in [5.74, 6) is -0.605. The van der Waals surface area contributed by atoms with Gasteiger partial charge in [-0.15, -0.1) is 0 Å². The predicted octanol–water partition coefficient (Wildman–Crippen LogP) is 4.52. The molecule has 1 aliphatic rings. The van der Waals surface area contributed by atoms with Crippen LogP contribution in [0.3, 0.4) is 0 Å². The molecule has 1 aromatic heterocycles. The van der Waals surface area contributed by atoms with Crippen LogP contribution in [-0.2, 0) is 27.7 Å². The zero-order chi connectivity index (χ0) is 25.4. The maximum absolute atomic E-state index is 13.4. The first-order valence-electron chi connectivity index (χ1n) is 11.7. The first-order chi connectivity index (χ1) is 17.2. The highest BCUT2D eigenvalue weighted by atomic mass is 32.2. The minimum atomic E-state index is -4.03. The SMILES string of the molecule is Cc1ccc(S(=O)(=O)N[C@@H](C(=O)Oc2ccc3c4c(c(=O)oc3c2C)CCC4)c2ccccc2)cc1. The van der Waals surface area contributed by atoms with Crippen molar-refractivity contribution in [2.24, 2.45) is 0 Å². The molecule has 184 valence electrons. The number of hydrogen-bond donors (Lipinski definition) is 1. The molecule has 0 radical (unpaired) electrons. The number of aryl methyl sites for hydroxylation is 3. The van der Waals surface area contributed by atoms with Gasteiger partial charge in [0, 0.05) is 16.5 Å². The van der Waals surface area contributed by atoms with Crippen molar-refractivity contribution < 1.29 is 22.4 Å². The summed E-state index contributed by atoms with van der Waals surface area (Å²) in [4.78, 5) is 25.9. The molecule has 0 fully saturated rings. The van der Waals surface area contributed by atoms with E-state index < -0.39 is 22.0 Å². The van der Waals surface area contributed by atoms with Crippen LogP contribution >= 0.6 is 0 Å². The molecule has 0 saturated heterocycles. The fourth-order valence-electron chi connectivity index (χ4n) is 4.58. The van der Waals surface area contributed by atoms with E-state index in [1.165, 1.54) is 12.1 Å². The summed E-state index contributed by atoms with van der Waals surface area (Å²) in [7, 11) is -4.03. The third-order valence-electron chi connectivity index (χ3n) is 6.52. The summed E-state index contributed by atoms with van der Waals surface area (Å²) in [6.07, 6.45) is 2.39. The normalized spacial score (nSPS) is 13.9. The van der Waals surface area contributed by atoms with Crippen LogP contribution in [0.15, 0.2) is 80.8 Å². The van der Waals surface area contributed by atoms with Gasteiger partial charge in [0.2, 0.25) is 10.0 Å². The number of sulfonamides is 1. The van der Waals surface area contributed by atoms with E-state index in [1.54, 1.807) is 61.5 Å². The molecular formula is C28H25NO6S. The first-order valence-corrected chi connectivity index (χ1v) is 13.2. The third-order valence-corrected chi connectivity index (χ3v) is 7.96. The van der Waals surface area contributed by atoms with Gasteiger partial charge in [-0.1, -0.05) is 48.0 Å². The Labute approximate surface area is 208 Å². The van der Waals surface area contributed by atoms with Crippen molar-refractivity contribution in [2.45, 2.75) is 44.0 Å². The van der Waals surface area contributed by atoms with Crippen molar-refractivity contribution in [2.75, 3.05) is 0 Å². The number of esters is 1. The van der Waals surface area contributed by atoms with Gasteiger partial charge < -0.3 is 9.15 Å². The van der Waals surface area contributed by atoms with Crippen molar-refractivity contribution in [3.05, 3.63) is 105 Å². The molecule has 3 aromatic carbocycles. The van der Waals surface area contributed by atoms with Gasteiger partial charge in [-0.25, -0.2) is 18.0 Å². The number of fused-ring (bicyclic) bond motifs is 3. The molecule has 0 saturated carbocycles. The number of ether oxygens (including phenoxy) is 1. The third kappa shape index (κ3) is 4.45. The van der Waals surface area contributed by atoms with Crippen LogP contribution in [0.4, 0.5) is 0 Å². The van der Waals surface area contributed by atoms with Gasteiger partial charge in [0.25, 0.3) is 0 Å². The zero-order valence-corrected chi connectivity index (χ0v) is 20.7. The number of carbonyl (C=O) groups is 1. The van der Waals surface area contributed by atoms with E-state index in [9.17, 15) is 18.0 Å². The molecule has 1 aliphatic carbocycles. The Morgan fingerprint density at radius 1 is 0.944 bits per heavy atom. The van der Waals surface area contributed by atoms with Crippen LogP contribution in [0, 0.1) is 13.8 Å². The predicted molar refractivity (Wildman–Crippen MR) is 136 cm³/mol. The Kier molecular flexibility index (Phi) is 6.24. The highest BCUT2D eigenvalue weighted by molar-refractivity contribution is 7.89. The fraction of sp³-hybridized carbons (Fsp3) is 0.214. The fourth-order valence-corrected chi connectivity index (χ4v) is 5.75. The average molecular weight is 504 g/mol. The smallest absolute Gasteiger partial charge is 0.339 e. The Morgan fingerprint density at radius 3 is 2.36 bits per heavy atom. The number of nitrogens with one attached hydrogen (secondary N) is 1. The molecule has 0 bridgehead atoms. The Balaban J connectivity index is 1.50. The van der Waals surface area contributed by atoms with E-state index >= 15 is 0 Å². The number of benzene rings is 3. The molecule has 4 aromatic rings. The highest BCUT2D eigenvalue weighted by Gasteiger charge is 2.30. The summed E-state index contributed by atoms with van der Waals surface area (Å²) in [6, 6.07) is 17.0. The summed E-state index contributed by atoms with van der Waals surface area (Å²) in [5, 5.41) is 0.832. The molecule has 36 heavy (non-hydrogen) atoms. The molecule has 1 heterocycles. The number of carbonyl (C=O) groups excluding carboxylic acids is 1. The van der Waals surface area contributed by atoms with Gasteiger partial charge in [0.05, 0.1) is 4.90 Å². The van der Waals surface area contributed by atoms with Crippen LogP contribution in [0.5, 0.6) is 5.75 Å². The van der Waals surface area contributed by atoms with Gasteiger partial charge in [-0.3, -0.25) is 0 Å². The lowest BCUT2D eigenvalue weighted by Gasteiger charge is -2.19. The Bertz CT molecular complexity index is 1620. The number of rotatable bonds is 6. The monoisotopic (exact) mass is 503 g/mol. The molecule has 1 atom stereocenters. The van der Waals surface area contributed by atoms with Crippen LogP contribution in [-0.4, -0.2) is 14.4 Å². The van der Waals surface area contributed by atoms with E-state index in [-0.39, 0.29) is 16.3 Å². The Hall–Kier alpha value is -3.75. The maximum atomic E-state index is 13.4. The second-order valence-corrected chi connectivity index (χ2v) is 10.7. The standard InChI is InChI=1S/C28H25NO6S/c1-17-11-13-20(14-12-17)36(32,33)29-25(19-7-4-3-5-8-19)28(31)34-24-16-15-22-21-9-6-10-23(21)27(30)35-26(22)18(24)2/h3-5,7-8,11-16,25,29H,6,9-10H2,1-2H3/t25-/m1/s1. The molecule has 0 unspecified atom stereocenters. The quantitative estimate of drug-likeness (QED) is 0.236. The summed E-state index contributed by atoms with van der Waals surface area (Å²) in [5.41, 5.74) is 3.55. The summed E-state index contributed by atoms with van der Waals surface area (Å²) < 4.78 is 40.0. The van der Waals surface area contributed by atoms with Crippen LogP contribution < -0.4 is 15.1 Å². The molecular weight excluding hydrogens is 478 g/mol. The minimum Gasteiger partial charge on any atom is -0.425 e. The molecule has 0 spiro atoms. The average Bonchev–Trinajstić information content (AvgIpc) is 3.37. The molecule has 5 rings (SSSR count). The van der Waals surface area contributed by atoms with Gasteiger partial charge in [0.15, 0.2) is 0 Å². The number of hydrogen-bond acceptors (Lipinski definition) is 6. The highest BCUT2D eigenvalue weighted by Crippen LogP contribution is 2.33. The van der Waals surface area contributed by atoms with Gasteiger partial charge in [-0.05, 0) is 68.5 Å². The van der Waals surface area contributed by atoms with Crippen molar-refractivity contribution in [1.82, 2.24) is 4.72 Å². The van der Waals surface area contributed by atoms with Crippen molar-refractivity contribution >= 4 is 27.0 Å². The summed E-state index contributed by atoms with van der Waals surface area (Å²) in [6.45, 7) is 3.57. The van der Waals surface area contributed by atoms with E-state index in [4.69, 9.17) is 9.15 Å². The van der Waals surface area contributed by atoms with Crippen molar-refractivity contribution in [1.29, 1.82) is 0 Å². The topological polar surface area (TPSA) is 103 Å². The largest absolute Gasteiger partial charge is 0.425 e. The first kappa shape index (κ1) is 24.0. The van der Waals surface area contributed by atoms with Crippen LogP contribution in [0.1, 0.15) is 40.3 Å². The van der Waals surface area contributed by atoms with E-state index in [1.807, 2.05) is 6.92 Å². The van der Waals surface area contributed by atoms with Gasteiger partial charge >= 0.3 is 11.6 Å². The lowest BCUT2D eigenvalue weighted by atomic mass is 10.0. The second kappa shape index (κ2) is 9.37.